The number of aromatic amines is 1. The summed E-state index contributed by atoms with van der Waals surface area (Å²) in [6.07, 6.45) is 11.8. The summed E-state index contributed by atoms with van der Waals surface area (Å²) < 4.78 is 5.04. The van der Waals surface area contributed by atoms with Gasteiger partial charge in [-0.3, -0.25) is 0 Å². The van der Waals surface area contributed by atoms with Crippen molar-refractivity contribution in [2.45, 2.75) is 65.2 Å². The fraction of sp³-hybridized carbons (Fsp3) is 0.688. The van der Waals surface area contributed by atoms with Gasteiger partial charge in [0.15, 0.2) is 0 Å². The number of unbranched alkanes of at least 4 members (excludes halogenated alkanes) is 6. The molecule has 1 rings (SSSR count). The zero-order valence-corrected chi connectivity index (χ0v) is 12.3. The van der Waals surface area contributed by atoms with Crippen LogP contribution in [0.15, 0.2) is 12.3 Å². The molecule has 1 heterocycles. The van der Waals surface area contributed by atoms with Gasteiger partial charge in [-0.1, -0.05) is 45.4 Å². The number of carbonyl (C=O) groups excluding carboxylic acids is 1. The Morgan fingerprint density at radius 1 is 1.11 bits per heavy atom. The van der Waals surface area contributed by atoms with E-state index in [-0.39, 0.29) is 5.97 Å². The van der Waals surface area contributed by atoms with E-state index < -0.39 is 0 Å². The molecule has 0 saturated carbocycles. The molecule has 0 fully saturated rings. The van der Waals surface area contributed by atoms with Crippen molar-refractivity contribution in [3.05, 3.63) is 23.5 Å². The minimum absolute atomic E-state index is 0.207. The second kappa shape index (κ2) is 9.65. The van der Waals surface area contributed by atoms with Gasteiger partial charge in [0.2, 0.25) is 0 Å². The van der Waals surface area contributed by atoms with Crippen molar-refractivity contribution < 1.29 is 9.53 Å². The first kappa shape index (κ1) is 15.8. The third-order valence-corrected chi connectivity index (χ3v) is 3.36. The summed E-state index contributed by atoms with van der Waals surface area (Å²) in [5.74, 6) is -0.207. The highest BCUT2D eigenvalue weighted by atomic mass is 16.5. The standard InChI is InChI=1S/C16H27NO2/c1-3-5-6-7-8-9-10-11-15-14(12-13-17-15)16(18)19-4-2/h12-13,17H,3-11H2,1-2H3. The number of hydrogen-bond donors (Lipinski definition) is 1. The molecular formula is C16H27NO2. The zero-order chi connectivity index (χ0) is 13.9. The summed E-state index contributed by atoms with van der Waals surface area (Å²) in [6, 6.07) is 1.81. The molecule has 0 saturated heterocycles. The molecule has 0 atom stereocenters. The maximum Gasteiger partial charge on any atom is 0.339 e. The SMILES string of the molecule is CCCCCCCCCc1[nH]ccc1C(=O)OCC. The van der Waals surface area contributed by atoms with Crippen LogP contribution in [0.3, 0.4) is 0 Å². The van der Waals surface area contributed by atoms with Crippen molar-refractivity contribution in [3.63, 3.8) is 0 Å². The maximum atomic E-state index is 11.7. The minimum atomic E-state index is -0.207. The topological polar surface area (TPSA) is 42.1 Å². The van der Waals surface area contributed by atoms with Gasteiger partial charge in [0, 0.05) is 11.9 Å². The summed E-state index contributed by atoms with van der Waals surface area (Å²) >= 11 is 0. The molecule has 0 unspecified atom stereocenters. The number of aryl methyl sites for hydroxylation is 1. The van der Waals surface area contributed by atoms with Crippen LogP contribution in [0.4, 0.5) is 0 Å². The molecule has 0 amide bonds. The van der Waals surface area contributed by atoms with E-state index in [4.69, 9.17) is 4.74 Å². The van der Waals surface area contributed by atoms with Crippen LogP contribution in [0, 0.1) is 0 Å². The first-order valence-corrected chi connectivity index (χ1v) is 7.63. The fourth-order valence-corrected chi connectivity index (χ4v) is 2.27. The molecule has 1 aromatic heterocycles. The Labute approximate surface area is 116 Å². The van der Waals surface area contributed by atoms with Crippen molar-refractivity contribution in [2.24, 2.45) is 0 Å². The number of hydrogen-bond acceptors (Lipinski definition) is 2. The number of aromatic nitrogens is 1. The Morgan fingerprint density at radius 2 is 1.79 bits per heavy atom. The quantitative estimate of drug-likeness (QED) is 0.500. The molecule has 1 aromatic rings. The van der Waals surface area contributed by atoms with Crippen molar-refractivity contribution in [1.82, 2.24) is 4.98 Å². The lowest BCUT2D eigenvalue weighted by Gasteiger charge is -2.04. The smallest absolute Gasteiger partial charge is 0.339 e. The van der Waals surface area contributed by atoms with E-state index in [1.807, 2.05) is 19.2 Å². The molecule has 0 aliphatic rings. The molecule has 3 heteroatoms. The molecular weight excluding hydrogens is 238 g/mol. The van der Waals surface area contributed by atoms with Gasteiger partial charge in [0.1, 0.15) is 0 Å². The van der Waals surface area contributed by atoms with Crippen molar-refractivity contribution in [2.75, 3.05) is 6.61 Å². The van der Waals surface area contributed by atoms with Gasteiger partial charge >= 0.3 is 5.97 Å². The first-order chi connectivity index (χ1) is 9.29. The maximum absolute atomic E-state index is 11.7. The monoisotopic (exact) mass is 265 g/mol. The van der Waals surface area contributed by atoms with Crippen LogP contribution in [0.25, 0.3) is 0 Å². The van der Waals surface area contributed by atoms with E-state index in [2.05, 4.69) is 11.9 Å². The molecule has 1 N–H and O–H groups in total. The summed E-state index contributed by atoms with van der Waals surface area (Å²) in [7, 11) is 0. The number of esters is 1. The van der Waals surface area contributed by atoms with Gasteiger partial charge in [-0.25, -0.2) is 4.79 Å². The van der Waals surface area contributed by atoms with Crippen molar-refractivity contribution in [3.8, 4) is 0 Å². The van der Waals surface area contributed by atoms with Crippen LogP contribution in [0.1, 0.15) is 74.8 Å². The van der Waals surface area contributed by atoms with E-state index >= 15 is 0 Å². The Bertz CT molecular complexity index is 357. The molecule has 108 valence electrons. The summed E-state index contributed by atoms with van der Waals surface area (Å²) in [5.41, 5.74) is 1.72. The summed E-state index contributed by atoms with van der Waals surface area (Å²) in [5, 5.41) is 0. The predicted octanol–water partition coefficient (Wildman–Crippen LogP) is 4.48. The lowest BCUT2D eigenvalue weighted by Crippen LogP contribution is -2.06. The van der Waals surface area contributed by atoms with E-state index in [9.17, 15) is 4.79 Å². The highest BCUT2D eigenvalue weighted by Crippen LogP contribution is 2.14. The lowest BCUT2D eigenvalue weighted by atomic mass is 10.1. The molecule has 0 aliphatic carbocycles. The Morgan fingerprint density at radius 3 is 2.47 bits per heavy atom. The van der Waals surface area contributed by atoms with E-state index in [1.54, 1.807) is 0 Å². The molecule has 0 aliphatic heterocycles. The van der Waals surface area contributed by atoms with Crippen LogP contribution in [-0.2, 0) is 11.2 Å². The molecule has 0 spiro atoms. The van der Waals surface area contributed by atoms with Gasteiger partial charge in [-0.2, -0.15) is 0 Å². The Hall–Kier alpha value is -1.25. The molecule has 3 nitrogen and oxygen atoms in total. The number of carbonyl (C=O) groups is 1. The number of H-pyrrole nitrogens is 1. The van der Waals surface area contributed by atoms with E-state index in [0.29, 0.717) is 12.2 Å². The van der Waals surface area contributed by atoms with E-state index in [0.717, 1.165) is 18.5 Å². The number of rotatable bonds is 10. The summed E-state index contributed by atoms with van der Waals surface area (Å²) in [4.78, 5) is 14.8. The molecule has 0 aromatic carbocycles. The molecule has 0 radical (unpaired) electrons. The number of nitrogens with one attached hydrogen (secondary N) is 1. The van der Waals surface area contributed by atoms with Crippen LogP contribution in [0.5, 0.6) is 0 Å². The lowest BCUT2D eigenvalue weighted by molar-refractivity contribution is 0.0525. The van der Waals surface area contributed by atoms with Crippen LogP contribution in [-0.4, -0.2) is 17.6 Å². The van der Waals surface area contributed by atoms with Gasteiger partial charge in [0.05, 0.1) is 12.2 Å². The second-order valence-corrected chi connectivity index (χ2v) is 4.96. The highest BCUT2D eigenvalue weighted by molar-refractivity contribution is 5.90. The normalized spacial score (nSPS) is 10.6. The predicted molar refractivity (Wildman–Crippen MR) is 78.4 cm³/mol. The Balaban J connectivity index is 2.22. The third-order valence-electron chi connectivity index (χ3n) is 3.36. The number of ether oxygens (including phenoxy) is 1. The third kappa shape index (κ3) is 5.95. The van der Waals surface area contributed by atoms with Gasteiger partial charge in [-0.05, 0) is 25.8 Å². The van der Waals surface area contributed by atoms with Crippen molar-refractivity contribution in [1.29, 1.82) is 0 Å². The highest BCUT2D eigenvalue weighted by Gasteiger charge is 2.12. The first-order valence-electron chi connectivity index (χ1n) is 7.63. The zero-order valence-electron chi connectivity index (χ0n) is 12.3. The van der Waals surface area contributed by atoms with Crippen molar-refractivity contribution >= 4 is 5.97 Å². The fourth-order valence-electron chi connectivity index (χ4n) is 2.27. The van der Waals surface area contributed by atoms with Crippen LogP contribution >= 0.6 is 0 Å². The van der Waals surface area contributed by atoms with Gasteiger partial charge < -0.3 is 9.72 Å². The average Bonchev–Trinajstić information content (AvgIpc) is 2.86. The Kier molecular flexibility index (Phi) is 8.03. The largest absolute Gasteiger partial charge is 0.462 e. The minimum Gasteiger partial charge on any atom is -0.462 e. The van der Waals surface area contributed by atoms with Gasteiger partial charge in [-0.15, -0.1) is 0 Å². The second-order valence-electron chi connectivity index (χ2n) is 4.96. The van der Waals surface area contributed by atoms with Crippen LogP contribution in [0.2, 0.25) is 0 Å². The van der Waals surface area contributed by atoms with Crippen LogP contribution < -0.4 is 0 Å². The van der Waals surface area contributed by atoms with Gasteiger partial charge in [0.25, 0.3) is 0 Å². The molecule has 19 heavy (non-hydrogen) atoms. The average molecular weight is 265 g/mol. The van der Waals surface area contributed by atoms with E-state index in [1.165, 1.54) is 38.5 Å². The summed E-state index contributed by atoms with van der Waals surface area (Å²) in [6.45, 7) is 4.50. The molecule has 0 bridgehead atoms.